The maximum atomic E-state index is 10.8. The molecule has 0 radical (unpaired) electrons. The number of hydrogen-bond acceptors (Lipinski definition) is 1. The molecule has 1 aromatic carbocycles. The first-order chi connectivity index (χ1) is 8.75. The van der Waals surface area contributed by atoms with Crippen LogP contribution in [-0.2, 0) is 0 Å². The van der Waals surface area contributed by atoms with Gasteiger partial charge in [0.2, 0.25) is 0 Å². The molecule has 3 nitrogen and oxygen atoms in total. The molecule has 0 aromatic heterocycles. The van der Waals surface area contributed by atoms with Crippen LogP contribution in [0.1, 0.15) is 18.4 Å². The van der Waals surface area contributed by atoms with Gasteiger partial charge in [0.05, 0.1) is 0 Å². The molecule has 1 aliphatic rings. The maximum Gasteiger partial charge on any atom is 0.407 e. The average molecular weight is 243 g/mol. The smallest absolute Gasteiger partial charge is 0.407 e. The van der Waals surface area contributed by atoms with Gasteiger partial charge in [-0.2, -0.15) is 0 Å². The Morgan fingerprint density at radius 2 is 1.83 bits per heavy atom. The fourth-order valence-corrected chi connectivity index (χ4v) is 2.01. The highest BCUT2D eigenvalue weighted by Gasteiger charge is 2.16. The normalized spacial score (nSPS) is 16.0. The molecular formula is C15H17NO2. The summed E-state index contributed by atoms with van der Waals surface area (Å²) in [6.07, 6.45) is 7.08. The molecule has 3 heteroatoms. The Hall–Kier alpha value is -2.03. The molecule has 1 saturated heterocycles. The summed E-state index contributed by atoms with van der Waals surface area (Å²) in [5.41, 5.74) is 2.50. The molecule has 0 saturated carbocycles. The first-order valence-electron chi connectivity index (χ1n) is 6.15. The van der Waals surface area contributed by atoms with E-state index in [1.165, 1.54) is 16.0 Å². The van der Waals surface area contributed by atoms with Gasteiger partial charge >= 0.3 is 6.09 Å². The average Bonchev–Trinajstić information content (AvgIpc) is 2.40. The van der Waals surface area contributed by atoms with E-state index < -0.39 is 6.09 Å². The van der Waals surface area contributed by atoms with E-state index in [1.54, 1.807) is 0 Å². The predicted octanol–water partition coefficient (Wildman–Crippen LogP) is 3.40. The minimum absolute atomic E-state index is 0.611. The van der Waals surface area contributed by atoms with Crippen molar-refractivity contribution in [3.63, 3.8) is 0 Å². The Labute approximate surface area is 107 Å². The second-order valence-corrected chi connectivity index (χ2v) is 4.36. The molecule has 0 unspecified atom stereocenters. The molecule has 18 heavy (non-hydrogen) atoms. The van der Waals surface area contributed by atoms with Crippen LogP contribution in [0.2, 0.25) is 0 Å². The van der Waals surface area contributed by atoms with Crippen LogP contribution < -0.4 is 0 Å². The Morgan fingerprint density at radius 3 is 2.44 bits per heavy atom. The third-order valence-electron chi connectivity index (χ3n) is 3.10. The first kappa shape index (κ1) is 12.4. The van der Waals surface area contributed by atoms with Gasteiger partial charge in [-0.25, -0.2) is 4.79 Å². The van der Waals surface area contributed by atoms with E-state index in [9.17, 15) is 4.79 Å². The van der Waals surface area contributed by atoms with Crippen molar-refractivity contribution in [1.29, 1.82) is 0 Å². The van der Waals surface area contributed by atoms with Crippen LogP contribution in [0.15, 0.2) is 48.1 Å². The number of carbonyl (C=O) groups is 1. The topological polar surface area (TPSA) is 40.5 Å². The van der Waals surface area contributed by atoms with Crippen LogP contribution >= 0.6 is 0 Å². The van der Waals surface area contributed by atoms with Crippen LogP contribution in [0.25, 0.3) is 6.08 Å². The minimum Gasteiger partial charge on any atom is -0.465 e. The molecule has 1 N–H and O–H groups in total. The van der Waals surface area contributed by atoms with Crippen molar-refractivity contribution in [2.75, 3.05) is 13.1 Å². The molecule has 2 rings (SSSR count). The van der Waals surface area contributed by atoms with Gasteiger partial charge in [0.15, 0.2) is 0 Å². The van der Waals surface area contributed by atoms with Crippen LogP contribution in [0.5, 0.6) is 0 Å². The van der Waals surface area contributed by atoms with E-state index in [2.05, 4.69) is 24.3 Å². The van der Waals surface area contributed by atoms with Gasteiger partial charge in [0.25, 0.3) is 0 Å². The zero-order valence-electron chi connectivity index (χ0n) is 10.2. The van der Waals surface area contributed by atoms with Gasteiger partial charge in [0, 0.05) is 13.1 Å². The predicted molar refractivity (Wildman–Crippen MR) is 72.4 cm³/mol. The van der Waals surface area contributed by atoms with Gasteiger partial charge < -0.3 is 10.0 Å². The molecule has 0 atom stereocenters. The zero-order chi connectivity index (χ0) is 12.8. The fourth-order valence-electron chi connectivity index (χ4n) is 2.01. The summed E-state index contributed by atoms with van der Waals surface area (Å²) < 4.78 is 0. The van der Waals surface area contributed by atoms with Crippen LogP contribution in [0.3, 0.4) is 0 Å². The van der Waals surface area contributed by atoms with Crippen molar-refractivity contribution in [3.05, 3.63) is 53.6 Å². The quantitative estimate of drug-likeness (QED) is 0.864. The third kappa shape index (κ3) is 3.48. The number of hydrogen-bond donors (Lipinski definition) is 1. The van der Waals surface area contributed by atoms with Crippen molar-refractivity contribution in [3.8, 4) is 0 Å². The van der Waals surface area contributed by atoms with Gasteiger partial charge in [-0.3, -0.25) is 0 Å². The number of likely N-dealkylation sites (tertiary alicyclic amines) is 1. The number of carboxylic acid groups (broad SMARTS) is 1. The van der Waals surface area contributed by atoms with Gasteiger partial charge in [-0.15, -0.1) is 0 Å². The van der Waals surface area contributed by atoms with Crippen LogP contribution in [0, 0.1) is 0 Å². The second kappa shape index (κ2) is 6.05. The van der Waals surface area contributed by atoms with E-state index in [4.69, 9.17) is 5.11 Å². The van der Waals surface area contributed by atoms with E-state index in [0.29, 0.717) is 13.1 Å². The Morgan fingerprint density at radius 1 is 1.17 bits per heavy atom. The van der Waals surface area contributed by atoms with Crippen molar-refractivity contribution < 1.29 is 9.90 Å². The SMILES string of the molecule is O=C(O)N1CCC(=C/C=C/c2ccccc2)CC1. The van der Waals surface area contributed by atoms with Crippen molar-refractivity contribution >= 4 is 12.2 Å². The second-order valence-electron chi connectivity index (χ2n) is 4.36. The lowest BCUT2D eigenvalue weighted by Crippen LogP contribution is -2.35. The lowest BCUT2D eigenvalue weighted by molar-refractivity contribution is 0.141. The largest absolute Gasteiger partial charge is 0.465 e. The summed E-state index contributed by atoms with van der Waals surface area (Å²) in [6.45, 7) is 1.22. The van der Waals surface area contributed by atoms with E-state index in [1.807, 2.05) is 24.3 Å². The Bertz CT molecular complexity index is 453. The van der Waals surface area contributed by atoms with Crippen molar-refractivity contribution in [2.24, 2.45) is 0 Å². The minimum atomic E-state index is -0.811. The number of piperidine rings is 1. The number of amides is 1. The van der Waals surface area contributed by atoms with E-state index in [0.717, 1.165) is 12.8 Å². The highest BCUT2D eigenvalue weighted by molar-refractivity contribution is 5.65. The molecule has 0 aliphatic carbocycles. The molecule has 1 amide bonds. The van der Waals surface area contributed by atoms with Crippen LogP contribution in [0.4, 0.5) is 4.79 Å². The summed E-state index contributed by atoms with van der Waals surface area (Å²) in [5.74, 6) is 0. The van der Waals surface area contributed by atoms with Gasteiger partial charge in [-0.1, -0.05) is 54.1 Å². The maximum absolute atomic E-state index is 10.8. The standard InChI is InChI=1S/C15H17NO2/c17-15(18)16-11-9-14(10-12-16)8-4-7-13-5-2-1-3-6-13/h1-8H,9-12H2,(H,17,18)/b7-4+. The number of benzene rings is 1. The first-order valence-corrected chi connectivity index (χ1v) is 6.15. The zero-order valence-corrected chi connectivity index (χ0v) is 10.2. The highest BCUT2D eigenvalue weighted by atomic mass is 16.4. The molecule has 0 bridgehead atoms. The third-order valence-corrected chi connectivity index (χ3v) is 3.10. The van der Waals surface area contributed by atoms with E-state index in [-0.39, 0.29) is 0 Å². The van der Waals surface area contributed by atoms with Crippen molar-refractivity contribution in [1.82, 2.24) is 4.90 Å². The molecule has 94 valence electrons. The summed E-state index contributed by atoms with van der Waals surface area (Å²) in [6, 6.07) is 10.1. The molecule has 1 aliphatic heterocycles. The van der Waals surface area contributed by atoms with Crippen molar-refractivity contribution in [2.45, 2.75) is 12.8 Å². The Balaban J connectivity index is 1.88. The number of rotatable bonds is 2. The fraction of sp³-hybridized carbons (Fsp3) is 0.267. The monoisotopic (exact) mass is 243 g/mol. The molecule has 1 fully saturated rings. The summed E-state index contributed by atoms with van der Waals surface area (Å²) in [7, 11) is 0. The van der Waals surface area contributed by atoms with Gasteiger partial charge in [0.1, 0.15) is 0 Å². The van der Waals surface area contributed by atoms with Gasteiger partial charge in [-0.05, 0) is 18.4 Å². The molecule has 1 heterocycles. The Kier molecular flexibility index (Phi) is 4.18. The number of nitrogens with zero attached hydrogens (tertiary/aromatic N) is 1. The summed E-state index contributed by atoms with van der Waals surface area (Å²) >= 11 is 0. The highest BCUT2D eigenvalue weighted by Crippen LogP contribution is 2.16. The lowest BCUT2D eigenvalue weighted by atomic mass is 10.0. The summed E-state index contributed by atoms with van der Waals surface area (Å²) in [5, 5.41) is 8.84. The van der Waals surface area contributed by atoms with Crippen LogP contribution in [-0.4, -0.2) is 29.2 Å². The molecule has 0 spiro atoms. The van der Waals surface area contributed by atoms with E-state index >= 15 is 0 Å². The lowest BCUT2D eigenvalue weighted by Gasteiger charge is -2.25. The molecule has 1 aromatic rings. The molecular weight excluding hydrogens is 226 g/mol. The number of allylic oxidation sites excluding steroid dienone is 2. The summed E-state index contributed by atoms with van der Waals surface area (Å²) in [4.78, 5) is 12.2.